The summed E-state index contributed by atoms with van der Waals surface area (Å²) in [5.41, 5.74) is 0.927. The highest BCUT2D eigenvalue weighted by molar-refractivity contribution is 6.30. The van der Waals surface area contributed by atoms with Crippen LogP contribution in [0.1, 0.15) is 5.56 Å². The third kappa shape index (κ3) is 3.23. The van der Waals surface area contributed by atoms with Crippen LogP contribution >= 0.6 is 11.6 Å². The topological polar surface area (TPSA) is 47.6 Å². The normalized spacial score (nSPS) is 10.6. The van der Waals surface area contributed by atoms with Crippen molar-refractivity contribution in [2.45, 2.75) is 0 Å². The van der Waals surface area contributed by atoms with E-state index >= 15 is 0 Å². The molecule has 17 heavy (non-hydrogen) atoms. The molecule has 0 radical (unpaired) electrons. The lowest BCUT2D eigenvalue weighted by Crippen LogP contribution is -1.87. The minimum absolute atomic E-state index is 0.687. The number of hydrogen-bond donors (Lipinski definition) is 1. The summed E-state index contributed by atoms with van der Waals surface area (Å²) in [4.78, 5) is 0. The minimum Gasteiger partial charge on any atom is -0.457 e. The van der Waals surface area contributed by atoms with E-state index in [9.17, 15) is 0 Å². The van der Waals surface area contributed by atoms with Gasteiger partial charge in [-0.1, -0.05) is 11.6 Å². The molecule has 0 aliphatic carbocycles. The van der Waals surface area contributed by atoms with Crippen LogP contribution in [0.25, 0.3) is 0 Å². The molecule has 0 bridgehead atoms. The van der Waals surface area contributed by atoms with Crippen molar-refractivity contribution < 1.29 is 4.74 Å². The van der Waals surface area contributed by atoms with Crippen molar-refractivity contribution in [1.29, 1.82) is 0 Å². The molecule has 0 heterocycles. The van der Waals surface area contributed by atoms with Crippen molar-refractivity contribution in [2.24, 2.45) is 10.9 Å². The maximum atomic E-state index is 5.79. The molecule has 0 aliphatic heterocycles. The summed E-state index contributed by atoms with van der Waals surface area (Å²) in [5.74, 6) is 6.56. The fourth-order valence-electron chi connectivity index (χ4n) is 1.35. The van der Waals surface area contributed by atoms with E-state index in [4.69, 9.17) is 22.2 Å². The molecule has 2 rings (SSSR count). The first-order chi connectivity index (χ1) is 8.28. The molecule has 2 aromatic rings. The van der Waals surface area contributed by atoms with Gasteiger partial charge in [0.15, 0.2) is 0 Å². The van der Waals surface area contributed by atoms with Crippen LogP contribution in [0.15, 0.2) is 53.6 Å². The lowest BCUT2D eigenvalue weighted by atomic mass is 10.2. The van der Waals surface area contributed by atoms with Crippen LogP contribution in [-0.2, 0) is 0 Å². The average molecular weight is 247 g/mol. The molecule has 0 saturated carbocycles. The van der Waals surface area contributed by atoms with Gasteiger partial charge in [-0.15, -0.1) is 0 Å². The second kappa shape index (κ2) is 5.37. The van der Waals surface area contributed by atoms with Crippen molar-refractivity contribution >= 4 is 17.8 Å². The first kappa shape index (κ1) is 11.5. The zero-order valence-electron chi connectivity index (χ0n) is 9.01. The molecular formula is C13H11ClN2O. The maximum absolute atomic E-state index is 5.79. The molecule has 0 amide bonds. The molecule has 4 heteroatoms. The lowest BCUT2D eigenvalue weighted by molar-refractivity contribution is 0.482. The summed E-state index contributed by atoms with van der Waals surface area (Å²) >= 11 is 5.79. The number of hydrogen-bond acceptors (Lipinski definition) is 3. The van der Waals surface area contributed by atoms with Crippen LogP contribution in [0.2, 0.25) is 5.02 Å². The molecule has 0 unspecified atom stereocenters. The Balaban J connectivity index is 2.11. The molecule has 0 saturated heterocycles. The van der Waals surface area contributed by atoms with Crippen LogP contribution < -0.4 is 10.6 Å². The minimum atomic E-state index is 0.687. The third-order valence-electron chi connectivity index (χ3n) is 2.15. The molecule has 2 aromatic carbocycles. The summed E-state index contributed by atoms with van der Waals surface area (Å²) in [6.45, 7) is 0. The number of hydrazone groups is 1. The number of ether oxygens (including phenoxy) is 1. The summed E-state index contributed by atoms with van der Waals surface area (Å²) in [7, 11) is 0. The van der Waals surface area contributed by atoms with E-state index in [2.05, 4.69) is 5.10 Å². The molecule has 0 aromatic heterocycles. The number of halogens is 1. The van der Waals surface area contributed by atoms with E-state index in [0.29, 0.717) is 5.02 Å². The Morgan fingerprint density at radius 1 is 0.941 bits per heavy atom. The summed E-state index contributed by atoms with van der Waals surface area (Å²) in [5, 5.41) is 4.14. The van der Waals surface area contributed by atoms with Crippen LogP contribution in [0.5, 0.6) is 11.5 Å². The molecule has 0 aliphatic rings. The molecule has 0 fully saturated rings. The van der Waals surface area contributed by atoms with Gasteiger partial charge in [0.1, 0.15) is 11.5 Å². The highest BCUT2D eigenvalue weighted by Gasteiger charge is 1.97. The van der Waals surface area contributed by atoms with E-state index in [-0.39, 0.29) is 0 Å². The predicted octanol–water partition coefficient (Wildman–Crippen LogP) is 3.42. The average Bonchev–Trinajstić information content (AvgIpc) is 2.35. The fraction of sp³-hybridized carbons (Fsp3) is 0. The van der Waals surface area contributed by atoms with Gasteiger partial charge < -0.3 is 10.6 Å². The van der Waals surface area contributed by atoms with Gasteiger partial charge >= 0.3 is 0 Å². The number of nitrogens with zero attached hydrogens (tertiary/aromatic N) is 1. The predicted molar refractivity (Wildman–Crippen MR) is 69.7 cm³/mol. The molecule has 0 atom stereocenters. The standard InChI is InChI=1S/C13H11ClN2O/c14-11-3-7-13(8-4-11)17-12-5-1-10(2-6-12)9-16-15/h1-9H,15H2. The number of nitrogens with two attached hydrogens (primary N) is 1. The second-order valence-corrected chi connectivity index (χ2v) is 3.84. The Morgan fingerprint density at radius 3 is 2.00 bits per heavy atom. The van der Waals surface area contributed by atoms with Gasteiger partial charge in [-0.2, -0.15) is 5.10 Å². The lowest BCUT2D eigenvalue weighted by Gasteiger charge is -2.05. The van der Waals surface area contributed by atoms with Crippen molar-refractivity contribution in [3.8, 4) is 11.5 Å². The van der Waals surface area contributed by atoms with E-state index in [1.807, 2.05) is 36.4 Å². The van der Waals surface area contributed by atoms with Crippen LogP contribution in [0, 0.1) is 0 Å². The maximum Gasteiger partial charge on any atom is 0.127 e. The Morgan fingerprint density at radius 2 is 1.47 bits per heavy atom. The van der Waals surface area contributed by atoms with Crippen molar-refractivity contribution in [3.05, 3.63) is 59.1 Å². The van der Waals surface area contributed by atoms with E-state index < -0.39 is 0 Å². The Kier molecular flexibility index (Phi) is 3.62. The van der Waals surface area contributed by atoms with E-state index in [1.165, 1.54) is 0 Å². The first-order valence-electron chi connectivity index (χ1n) is 5.05. The largest absolute Gasteiger partial charge is 0.457 e. The molecule has 3 nitrogen and oxygen atoms in total. The first-order valence-corrected chi connectivity index (χ1v) is 5.42. The Labute approximate surface area is 104 Å². The third-order valence-corrected chi connectivity index (χ3v) is 2.41. The van der Waals surface area contributed by atoms with Crippen molar-refractivity contribution in [2.75, 3.05) is 0 Å². The van der Waals surface area contributed by atoms with Gasteiger partial charge in [-0.05, 0) is 54.1 Å². The highest BCUT2D eigenvalue weighted by Crippen LogP contribution is 2.22. The Bertz CT molecular complexity index is 506. The number of benzene rings is 2. The Hall–Kier alpha value is -2.00. The molecule has 2 N–H and O–H groups in total. The van der Waals surface area contributed by atoms with Crippen LogP contribution in [0.4, 0.5) is 0 Å². The van der Waals surface area contributed by atoms with E-state index in [0.717, 1.165) is 17.1 Å². The zero-order chi connectivity index (χ0) is 12.1. The van der Waals surface area contributed by atoms with E-state index in [1.54, 1.807) is 18.3 Å². The van der Waals surface area contributed by atoms with Gasteiger partial charge in [0.25, 0.3) is 0 Å². The van der Waals surface area contributed by atoms with Gasteiger partial charge in [0.05, 0.1) is 6.21 Å². The summed E-state index contributed by atoms with van der Waals surface area (Å²) in [6.07, 6.45) is 1.58. The van der Waals surface area contributed by atoms with Crippen molar-refractivity contribution in [1.82, 2.24) is 0 Å². The van der Waals surface area contributed by atoms with Gasteiger partial charge in [0.2, 0.25) is 0 Å². The summed E-state index contributed by atoms with van der Waals surface area (Å²) < 4.78 is 5.63. The van der Waals surface area contributed by atoms with Crippen LogP contribution in [-0.4, -0.2) is 6.21 Å². The highest BCUT2D eigenvalue weighted by atomic mass is 35.5. The van der Waals surface area contributed by atoms with Gasteiger partial charge in [-0.25, -0.2) is 0 Å². The van der Waals surface area contributed by atoms with Crippen LogP contribution in [0.3, 0.4) is 0 Å². The number of rotatable bonds is 3. The van der Waals surface area contributed by atoms with Gasteiger partial charge in [-0.3, -0.25) is 0 Å². The molecule has 86 valence electrons. The molecule has 0 spiro atoms. The summed E-state index contributed by atoms with van der Waals surface area (Å²) in [6, 6.07) is 14.7. The SMILES string of the molecule is NN=Cc1ccc(Oc2ccc(Cl)cc2)cc1. The fourth-order valence-corrected chi connectivity index (χ4v) is 1.47. The smallest absolute Gasteiger partial charge is 0.127 e. The monoisotopic (exact) mass is 246 g/mol. The quantitative estimate of drug-likeness (QED) is 0.512. The second-order valence-electron chi connectivity index (χ2n) is 3.40. The van der Waals surface area contributed by atoms with Crippen molar-refractivity contribution in [3.63, 3.8) is 0 Å². The zero-order valence-corrected chi connectivity index (χ0v) is 9.76. The van der Waals surface area contributed by atoms with Gasteiger partial charge in [0, 0.05) is 5.02 Å². The molecular weight excluding hydrogens is 236 g/mol.